The second-order valence-electron chi connectivity index (χ2n) is 4.82. The van der Waals surface area contributed by atoms with Crippen LogP contribution in [0.25, 0.3) is 0 Å². The van der Waals surface area contributed by atoms with Crippen LogP contribution < -0.4 is 0 Å². The van der Waals surface area contributed by atoms with Crippen LogP contribution in [0.2, 0.25) is 0 Å². The SMILES string of the molecule is O=Cc1cc2c(cc1O)CN(Sc1ccccc1)CC2. The van der Waals surface area contributed by atoms with Crippen LogP contribution in [0.4, 0.5) is 0 Å². The molecule has 1 N–H and O–H groups in total. The Morgan fingerprint density at radius 1 is 1.15 bits per heavy atom. The molecule has 0 radical (unpaired) electrons. The highest BCUT2D eigenvalue weighted by atomic mass is 32.2. The fraction of sp³-hybridized carbons (Fsp3) is 0.188. The molecule has 1 heterocycles. The highest BCUT2D eigenvalue weighted by molar-refractivity contribution is 7.97. The van der Waals surface area contributed by atoms with Gasteiger partial charge in [-0.1, -0.05) is 18.2 Å². The van der Waals surface area contributed by atoms with E-state index in [9.17, 15) is 9.90 Å². The second-order valence-corrected chi connectivity index (χ2v) is 5.99. The first-order valence-corrected chi connectivity index (χ1v) is 7.31. The first-order chi connectivity index (χ1) is 9.76. The van der Waals surface area contributed by atoms with Crippen LogP contribution in [0.1, 0.15) is 21.5 Å². The lowest BCUT2D eigenvalue weighted by Crippen LogP contribution is -2.24. The molecular weight excluding hydrogens is 270 g/mol. The predicted molar refractivity (Wildman–Crippen MR) is 79.9 cm³/mol. The summed E-state index contributed by atoms with van der Waals surface area (Å²) in [5.74, 6) is 0.0744. The van der Waals surface area contributed by atoms with Crippen molar-refractivity contribution < 1.29 is 9.90 Å². The zero-order valence-corrected chi connectivity index (χ0v) is 11.8. The Balaban J connectivity index is 1.78. The average molecular weight is 285 g/mol. The summed E-state index contributed by atoms with van der Waals surface area (Å²) in [6.45, 7) is 1.72. The van der Waals surface area contributed by atoms with Gasteiger partial charge in [0.25, 0.3) is 0 Å². The van der Waals surface area contributed by atoms with Crippen molar-refractivity contribution >= 4 is 18.2 Å². The maximum Gasteiger partial charge on any atom is 0.153 e. The maximum atomic E-state index is 10.8. The van der Waals surface area contributed by atoms with Gasteiger partial charge in [0.05, 0.1) is 5.56 Å². The predicted octanol–water partition coefficient (Wildman–Crippen LogP) is 3.27. The van der Waals surface area contributed by atoms with Crippen molar-refractivity contribution in [2.75, 3.05) is 6.54 Å². The van der Waals surface area contributed by atoms with E-state index in [2.05, 4.69) is 16.4 Å². The van der Waals surface area contributed by atoms with Gasteiger partial charge in [-0.15, -0.1) is 0 Å². The van der Waals surface area contributed by atoms with Crippen LogP contribution in [0.15, 0.2) is 47.4 Å². The summed E-state index contributed by atoms with van der Waals surface area (Å²) >= 11 is 1.73. The lowest BCUT2D eigenvalue weighted by atomic mass is 9.98. The van der Waals surface area contributed by atoms with Gasteiger partial charge in [-0.2, -0.15) is 0 Å². The van der Waals surface area contributed by atoms with Gasteiger partial charge in [-0.25, -0.2) is 4.31 Å². The molecule has 0 saturated carbocycles. The van der Waals surface area contributed by atoms with Gasteiger partial charge < -0.3 is 5.11 Å². The summed E-state index contributed by atoms with van der Waals surface area (Å²) < 4.78 is 2.28. The Morgan fingerprint density at radius 3 is 2.70 bits per heavy atom. The Bertz CT molecular complexity index is 628. The fourth-order valence-electron chi connectivity index (χ4n) is 2.39. The number of carbonyl (C=O) groups excluding carboxylic acids is 1. The van der Waals surface area contributed by atoms with E-state index in [1.807, 2.05) is 24.3 Å². The van der Waals surface area contributed by atoms with Crippen molar-refractivity contribution in [3.05, 3.63) is 59.2 Å². The first kappa shape index (κ1) is 13.2. The summed E-state index contributed by atoms with van der Waals surface area (Å²) in [6.07, 6.45) is 1.61. The molecule has 20 heavy (non-hydrogen) atoms. The zero-order valence-electron chi connectivity index (χ0n) is 11.0. The molecule has 2 aromatic carbocycles. The minimum absolute atomic E-state index is 0.0744. The molecule has 1 aliphatic heterocycles. The van der Waals surface area contributed by atoms with Crippen molar-refractivity contribution in [1.29, 1.82) is 0 Å². The zero-order chi connectivity index (χ0) is 13.9. The Kier molecular flexibility index (Phi) is 3.76. The molecule has 1 aliphatic rings. The number of hydrogen-bond donors (Lipinski definition) is 1. The quantitative estimate of drug-likeness (QED) is 0.694. The number of fused-ring (bicyclic) bond motifs is 1. The van der Waals surface area contributed by atoms with Gasteiger partial charge in [0, 0.05) is 18.0 Å². The number of aromatic hydroxyl groups is 1. The van der Waals surface area contributed by atoms with E-state index in [1.54, 1.807) is 18.0 Å². The van der Waals surface area contributed by atoms with Crippen molar-refractivity contribution in [1.82, 2.24) is 4.31 Å². The number of hydrogen-bond acceptors (Lipinski definition) is 4. The van der Waals surface area contributed by atoms with Crippen LogP contribution in [0, 0.1) is 0 Å². The minimum atomic E-state index is 0.0744. The molecular formula is C16H15NO2S. The van der Waals surface area contributed by atoms with E-state index in [0.717, 1.165) is 30.6 Å². The van der Waals surface area contributed by atoms with Gasteiger partial charge in [-0.05, 0) is 53.8 Å². The van der Waals surface area contributed by atoms with E-state index in [4.69, 9.17) is 0 Å². The molecule has 102 valence electrons. The molecule has 0 fully saturated rings. The van der Waals surface area contributed by atoms with Gasteiger partial charge >= 0.3 is 0 Å². The molecule has 0 saturated heterocycles. The molecule has 0 spiro atoms. The third-order valence-corrected chi connectivity index (χ3v) is 4.48. The Morgan fingerprint density at radius 2 is 1.95 bits per heavy atom. The van der Waals surface area contributed by atoms with Gasteiger partial charge in [0.2, 0.25) is 0 Å². The van der Waals surface area contributed by atoms with Gasteiger partial charge in [0.15, 0.2) is 6.29 Å². The van der Waals surface area contributed by atoms with E-state index in [-0.39, 0.29) is 5.75 Å². The minimum Gasteiger partial charge on any atom is -0.507 e. The number of rotatable bonds is 3. The van der Waals surface area contributed by atoms with Crippen molar-refractivity contribution in [2.24, 2.45) is 0 Å². The summed E-state index contributed by atoms with van der Waals surface area (Å²) in [4.78, 5) is 12.1. The molecule has 2 aromatic rings. The first-order valence-electron chi connectivity index (χ1n) is 6.54. The number of phenols is 1. The van der Waals surface area contributed by atoms with E-state index < -0.39 is 0 Å². The van der Waals surface area contributed by atoms with Crippen LogP contribution in [-0.2, 0) is 13.0 Å². The van der Waals surface area contributed by atoms with Crippen molar-refractivity contribution in [2.45, 2.75) is 17.9 Å². The lowest BCUT2D eigenvalue weighted by Gasteiger charge is -2.28. The van der Waals surface area contributed by atoms with Crippen molar-refractivity contribution in [3.63, 3.8) is 0 Å². The number of carbonyl (C=O) groups is 1. The number of phenolic OH excluding ortho intramolecular Hbond substituents is 1. The fourth-order valence-corrected chi connectivity index (χ4v) is 3.36. The molecule has 0 unspecified atom stereocenters. The van der Waals surface area contributed by atoms with Crippen LogP contribution in [0.5, 0.6) is 5.75 Å². The van der Waals surface area contributed by atoms with E-state index in [1.165, 1.54) is 4.90 Å². The maximum absolute atomic E-state index is 10.8. The highest BCUT2D eigenvalue weighted by Crippen LogP contribution is 2.31. The molecule has 3 nitrogen and oxygen atoms in total. The van der Waals surface area contributed by atoms with Crippen LogP contribution >= 0.6 is 11.9 Å². The Hall–Kier alpha value is -1.78. The number of nitrogens with zero attached hydrogens (tertiary/aromatic N) is 1. The van der Waals surface area contributed by atoms with E-state index in [0.29, 0.717) is 11.8 Å². The van der Waals surface area contributed by atoms with Gasteiger partial charge in [-0.3, -0.25) is 4.79 Å². The number of aldehydes is 1. The van der Waals surface area contributed by atoms with Crippen LogP contribution in [-0.4, -0.2) is 22.2 Å². The third-order valence-electron chi connectivity index (χ3n) is 3.43. The Labute approximate surface area is 122 Å². The summed E-state index contributed by atoms with van der Waals surface area (Å²) in [5, 5.41) is 9.79. The normalized spacial score (nSPS) is 14.8. The molecule has 0 bridgehead atoms. The highest BCUT2D eigenvalue weighted by Gasteiger charge is 2.19. The molecule has 4 heteroatoms. The molecule has 3 rings (SSSR count). The molecule has 0 atom stereocenters. The molecule has 0 aliphatic carbocycles. The number of benzene rings is 2. The largest absolute Gasteiger partial charge is 0.507 e. The molecule has 0 aromatic heterocycles. The van der Waals surface area contributed by atoms with E-state index >= 15 is 0 Å². The third kappa shape index (κ3) is 2.71. The summed E-state index contributed by atoms with van der Waals surface area (Å²) in [7, 11) is 0. The van der Waals surface area contributed by atoms with Gasteiger partial charge in [0.1, 0.15) is 5.75 Å². The summed E-state index contributed by atoms with van der Waals surface area (Å²) in [5.41, 5.74) is 2.64. The lowest BCUT2D eigenvalue weighted by molar-refractivity contribution is 0.112. The van der Waals surface area contributed by atoms with Crippen LogP contribution in [0.3, 0.4) is 0 Å². The standard InChI is InChI=1S/C16H15NO2S/c18-11-14-8-12-6-7-17(10-13(12)9-16(14)19)20-15-4-2-1-3-5-15/h1-5,8-9,11,19H,6-7,10H2. The second kappa shape index (κ2) is 5.69. The smallest absolute Gasteiger partial charge is 0.153 e. The topological polar surface area (TPSA) is 40.5 Å². The molecule has 0 amide bonds. The summed E-state index contributed by atoms with van der Waals surface area (Å²) in [6, 6.07) is 13.8. The average Bonchev–Trinajstić information content (AvgIpc) is 2.47. The van der Waals surface area contributed by atoms with Crippen molar-refractivity contribution in [3.8, 4) is 5.75 Å². The monoisotopic (exact) mass is 285 g/mol.